The van der Waals surface area contributed by atoms with Crippen molar-refractivity contribution in [3.05, 3.63) is 0 Å². The van der Waals surface area contributed by atoms with Gasteiger partial charge in [0.1, 0.15) is 0 Å². The Bertz CT molecular complexity index is 240. The molecule has 0 nitrogen and oxygen atoms in total. The Morgan fingerprint density at radius 3 is 1.08 bits per heavy atom. The Labute approximate surface area is 168 Å². The molecule has 0 saturated heterocycles. The maximum absolute atomic E-state index is 2.43. The van der Waals surface area contributed by atoms with Gasteiger partial charge in [-0.15, -0.1) is 0 Å². The maximum Gasteiger partial charge on any atom is -0.0380 e. The Morgan fingerprint density at radius 2 is 0.769 bits per heavy atom. The zero-order chi connectivity index (χ0) is 19.5. The molecule has 0 radical (unpaired) electrons. The van der Waals surface area contributed by atoms with Crippen LogP contribution in [-0.4, -0.2) is 0 Å². The summed E-state index contributed by atoms with van der Waals surface area (Å²) < 4.78 is 0. The SMILES string of the molecule is CCCCCCCCCCC(CCCCCCCCCC)CC(C)(C)C. The Kier molecular flexibility index (Phi) is 18.4. The van der Waals surface area contributed by atoms with Gasteiger partial charge in [-0.2, -0.15) is 0 Å². The van der Waals surface area contributed by atoms with E-state index in [0.29, 0.717) is 5.41 Å². The largest absolute Gasteiger partial charge is 0.0654 e. The number of hydrogen-bond donors (Lipinski definition) is 0. The predicted molar refractivity (Wildman–Crippen MR) is 122 cm³/mol. The Balaban J connectivity index is 3.74. The molecule has 0 aliphatic rings. The highest BCUT2D eigenvalue weighted by Gasteiger charge is 2.18. The molecule has 26 heavy (non-hydrogen) atoms. The first-order chi connectivity index (χ1) is 12.5. The summed E-state index contributed by atoms with van der Waals surface area (Å²) in [6.07, 6.45) is 27.7. The monoisotopic (exact) mass is 366 g/mol. The number of rotatable bonds is 19. The van der Waals surface area contributed by atoms with Gasteiger partial charge >= 0.3 is 0 Å². The van der Waals surface area contributed by atoms with Gasteiger partial charge < -0.3 is 0 Å². The molecule has 0 N–H and O–H groups in total. The van der Waals surface area contributed by atoms with Crippen LogP contribution in [0.15, 0.2) is 0 Å². The summed E-state index contributed by atoms with van der Waals surface area (Å²) in [4.78, 5) is 0. The van der Waals surface area contributed by atoms with E-state index in [1.807, 2.05) is 0 Å². The minimum absolute atomic E-state index is 0.505. The van der Waals surface area contributed by atoms with E-state index in [2.05, 4.69) is 34.6 Å². The summed E-state index contributed by atoms with van der Waals surface area (Å²) in [5, 5.41) is 0. The molecule has 0 saturated carbocycles. The van der Waals surface area contributed by atoms with Crippen molar-refractivity contribution < 1.29 is 0 Å². The van der Waals surface area contributed by atoms with E-state index in [4.69, 9.17) is 0 Å². The average molecular weight is 367 g/mol. The highest BCUT2D eigenvalue weighted by atomic mass is 14.2. The summed E-state index contributed by atoms with van der Waals surface area (Å²) in [6.45, 7) is 11.9. The molecule has 0 spiro atoms. The molecule has 0 atom stereocenters. The molecule has 0 unspecified atom stereocenters. The van der Waals surface area contributed by atoms with Crippen LogP contribution >= 0.6 is 0 Å². The zero-order valence-corrected chi connectivity index (χ0v) is 19.5. The maximum atomic E-state index is 2.43. The average Bonchev–Trinajstić information content (AvgIpc) is 2.58. The highest BCUT2D eigenvalue weighted by Crippen LogP contribution is 2.31. The van der Waals surface area contributed by atoms with Crippen molar-refractivity contribution in [3.8, 4) is 0 Å². The van der Waals surface area contributed by atoms with E-state index in [1.54, 1.807) is 0 Å². The van der Waals surface area contributed by atoms with Crippen LogP contribution in [0.3, 0.4) is 0 Å². The standard InChI is InChI=1S/C26H54/c1-6-8-10-12-14-16-18-20-22-25(24-26(3,4)5)23-21-19-17-15-13-11-9-7-2/h25H,6-24H2,1-5H3. The van der Waals surface area contributed by atoms with E-state index in [9.17, 15) is 0 Å². The van der Waals surface area contributed by atoms with Crippen LogP contribution in [0.25, 0.3) is 0 Å². The van der Waals surface area contributed by atoms with Crippen LogP contribution in [0, 0.1) is 11.3 Å². The van der Waals surface area contributed by atoms with Crippen LogP contribution in [0.4, 0.5) is 0 Å². The molecule has 0 rings (SSSR count). The molecule has 0 aromatic carbocycles. The molecule has 0 aromatic rings. The first kappa shape index (κ1) is 26.0. The van der Waals surface area contributed by atoms with E-state index >= 15 is 0 Å². The second-order valence-electron chi connectivity index (χ2n) is 10.2. The van der Waals surface area contributed by atoms with E-state index in [-0.39, 0.29) is 0 Å². The second-order valence-corrected chi connectivity index (χ2v) is 10.2. The van der Waals surface area contributed by atoms with Crippen molar-refractivity contribution in [2.45, 2.75) is 157 Å². The topological polar surface area (TPSA) is 0 Å². The minimum Gasteiger partial charge on any atom is -0.0654 e. The lowest BCUT2D eigenvalue weighted by Gasteiger charge is -2.26. The third kappa shape index (κ3) is 20.3. The molecule has 0 aliphatic heterocycles. The zero-order valence-electron chi connectivity index (χ0n) is 19.5. The number of hydrogen-bond acceptors (Lipinski definition) is 0. The van der Waals surface area contributed by atoms with E-state index in [1.165, 1.54) is 122 Å². The fourth-order valence-corrected chi connectivity index (χ4v) is 4.35. The summed E-state index contributed by atoms with van der Waals surface area (Å²) in [5.74, 6) is 0.982. The van der Waals surface area contributed by atoms with Gasteiger partial charge in [-0.05, 0) is 17.8 Å². The van der Waals surface area contributed by atoms with Gasteiger partial charge in [0, 0.05) is 0 Å². The Morgan fingerprint density at radius 1 is 0.462 bits per heavy atom. The summed E-state index contributed by atoms with van der Waals surface area (Å²) in [7, 11) is 0. The summed E-state index contributed by atoms with van der Waals surface area (Å²) in [6, 6.07) is 0. The van der Waals surface area contributed by atoms with Crippen LogP contribution in [0.1, 0.15) is 157 Å². The van der Waals surface area contributed by atoms with Gasteiger partial charge in [-0.3, -0.25) is 0 Å². The van der Waals surface area contributed by atoms with Gasteiger partial charge in [-0.25, -0.2) is 0 Å². The fraction of sp³-hybridized carbons (Fsp3) is 1.00. The van der Waals surface area contributed by atoms with Crippen molar-refractivity contribution in [2.75, 3.05) is 0 Å². The molecule has 0 bridgehead atoms. The first-order valence-corrected chi connectivity index (χ1v) is 12.5. The molecule has 0 heterocycles. The summed E-state index contributed by atoms with van der Waals surface area (Å²) >= 11 is 0. The molecule has 0 heteroatoms. The third-order valence-electron chi connectivity index (χ3n) is 5.83. The van der Waals surface area contributed by atoms with Crippen molar-refractivity contribution in [2.24, 2.45) is 11.3 Å². The van der Waals surface area contributed by atoms with Crippen LogP contribution in [0.2, 0.25) is 0 Å². The fourth-order valence-electron chi connectivity index (χ4n) is 4.35. The molecule has 158 valence electrons. The minimum atomic E-state index is 0.505. The van der Waals surface area contributed by atoms with Gasteiger partial charge in [0.05, 0.1) is 0 Å². The van der Waals surface area contributed by atoms with E-state index in [0.717, 1.165) is 5.92 Å². The van der Waals surface area contributed by atoms with Crippen molar-refractivity contribution in [1.82, 2.24) is 0 Å². The predicted octanol–water partition coefficient (Wildman–Crippen LogP) is 10.1. The van der Waals surface area contributed by atoms with Gasteiger partial charge in [0.15, 0.2) is 0 Å². The first-order valence-electron chi connectivity index (χ1n) is 12.5. The normalized spacial score (nSPS) is 12.2. The summed E-state index contributed by atoms with van der Waals surface area (Å²) in [5.41, 5.74) is 0.505. The molecule has 0 aliphatic carbocycles. The molecular weight excluding hydrogens is 312 g/mol. The van der Waals surface area contributed by atoms with Crippen molar-refractivity contribution in [1.29, 1.82) is 0 Å². The lowest BCUT2D eigenvalue weighted by Crippen LogP contribution is -2.13. The van der Waals surface area contributed by atoms with Crippen LogP contribution in [0.5, 0.6) is 0 Å². The lowest BCUT2D eigenvalue weighted by molar-refractivity contribution is 0.259. The van der Waals surface area contributed by atoms with Gasteiger partial charge in [0.2, 0.25) is 0 Å². The second kappa shape index (κ2) is 18.4. The molecule has 0 amide bonds. The van der Waals surface area contributed by atoms with Crippen molar-refractivity contribution in [3.63, 3.8) is 0 Å². The van der Waals surface area contributed by atoms with Gasteiger partial charge in [0.25, 0.3) is 0 Å². The quantitative estimate of drug-likeness (QED) is 0.199. The Hall–Kier alpha value is 0. The van der Waals surface area contributed by atoms with Crippen molar-refractivity contribution >= 4 is 0 Å². The molecular formula is C26H54. The van der Waals surface area contributed by atoms with Crippen LogP contribution in [-0.2, 0) is 0 Å². The highest BCUT2D eigenvalue weighted by molar-refractivity contribution is 4.70. The number of unbranched alkanes of at least 4 members (excludes halogenated alkanes) is 14. The third-order valence-corrected chi connectivity index (χ3v) is 5.83. The molecule has 0 aromatic heterocycles. The smallest absolute Gasteiger partial charge is 0.0380 e. The van der Waals surface area contributed by atoms with Gasteiger partial charge in [-0.1, -0.05) is 150 Å². The molecule has 0 fully saturated rings. The lowest BCUT2D eigenvalue weighted by atomic mass is 9.80. The van der Waals surface area contributed by atoms with Crippen LogP contribution < -0.4 is 0 Å². The van der Waals surface area contributed by atoms with E-state index < -0.39 is 0 Å².